The summed E-state index contributed by atoms with van der Waals surface area (Å²) in [6.45, 7) is 0.0362. The van der Waals surface area contributed by atoms with Gasteiger partial charge in [0.2, 0.25) is 4.80 Å². The van der Waals surface area contributed by atoms with Gasteiger partial charge in [0.25, 0.3) is 5.91 Å². The van der Waals surface area contributed by atoms with Gasteiger partial charge in [-0.2, -0.15) is 5.10 Å². The van der Waals surface area contributed by atoms with Crippen LogP contribution in [0.1, 0.15) is 5.56 Å². The van der Waals surface area contributed by atoms with Gasteiger partial charge in [0.05, 0.1) is 24.7 Å². The van der Waals surface area contributed by atoms with Crippen molar-refractivity contribution in [3.05, 3.63) is 58.2 Å². The molecule has 2 heterocycles. The number of nitrogens with one attached hydrogen (secondary N) is 1. The van der Waals surface area contributed by atoms with Crippen LogP contribution in [0.2, 0.25) is 0 Å². The number of carbonyl (C=O) groups excluding carboxylic acids is 1. The molecule has 1 aliphatic rings. The lowest BCUT2D eigenvalue weighted by Crippen LogP contribution is -2.25. The largest absolute Gasteiger partial charge is 0.497 e. The fourth-order valence-electron chi connectivity index (χ4n) is 2.85. The second kappa shape index (κ2) is 7.69. The molecule has 1 aliphatic heterocycles. The molecule has 28 heavy (non-hydrogen) atoms. The lowest BCUT2D eigenvalue weighted by atomic mass is 10.1. The summed E-state index contributed by atoms with van der Waals surface area (Å²) in [5.74, 6) is 1.26. The van der Waals surface area contributed by atoms with Crippen LogP contribution in [0.3, 0.4) is 0 Å². The number of benzene rings is 2. The number of methoxy groups -OCH3 is 1. The molecule has 3 aromatic rings. The zero-order valence-electron chi connectivity index (χ0n) is 15.4. The van der Waals surface area contributed by atoms with Crippen molar-refractivity contribution in [3.63, 3.8) is 0 Å². The minimum absolute atomic E-state index is 0.0362. The van der Waals surface area contributed by atoms with Crippen molar-refractivity contribution in [2.24, 2.45) is 10.1 Å². The van der Waals surface area contributed by atoms with Gasteiger partial charge in [0.1, 0.15) is 11.5 Å². The average molecular weight is 394 g/mol. The summed E-state index contributed by atoms with van der Waals surface area (Å²) in [4.78, 5) is 16.7. The van der Waals surface area contributed by atoms with Gasteiger partial charge < -0.3 is 14.8 Å². The maximum Gasteiger partial charge on any atom is 0.262 e. The van der Waals surface area contributed by atoms with Crippen LogP contribution in [0.5, 0.6) is 11.5 Å². The first-order valence-electron chi connectivity index (χ1n) is 8.57. The van der Waals surface area contributed by atoms with Crippen LogP contribution >= 0.6 is 11.3 Å². The number of hydrogen-bond acceptors (Lipinski definition) is 6. The maximum absolute atomic E-state index is 11.6. The quantitative estimate of drug-likeness (QED) is 0.691. The Labute approximate surface area is 165 Å². The molecule has 2 aromatic carbocycles. The number of anilines is 1. The molecule has 7 nitrogen and oxygen atoms in total. The highest BCUT2D eigenvalue weighted by Gasteiger charge is 2.17. The molecular weight excluding hydrogens is 376 g/mol. The van der Waals surface area contributed by atoms with E-state index in [4.69, 9.17) is 9.47 Å². The molecular formula is C20H18N4O3S. The third-order valence-corrected chi connectivity index (χ3v) is 5.11. The summed E-state index contributed by atoms with van der Waals surface area (Å²) in [6, 6.07) is 13.3. The van der Waals surface area contributed by atoms with Gasteiger partial charge in [-0.05, 0) is 35.9 Å². The third kappa shape index (κ3) is 3.54. The maximum atomic E-state index is 11.6. The van der Waals surface area contributed by atoms with E-state index in [9.17, 15) is 4.79 Å². The summed E-state index contributed by atoms with van der Waals surface area (Å²) < 4.78 is 12.5. The van der Waals surface area contributed by atoms with E-state index in [2.05, 4.69) is 15.4 Å². The molecule has 4 rings (SSSR count). The van der Waals surface area contributed by atoms with E-state index in [0.29, 0.717) is 11.4 Å². The molecule has 1 N–H and O–H groups in total. The molecule has 0 fully saturated rings. The Hall–Kier alpha value is -3.39. The van der Waals surface area contributed by atoms with E-state index >= 15 is 0 Å². The molecule has 0 bridgehead atoms. The minimum Gasteiger partial charge on any atom is -0.497 e. The molecule has 142 valence electrons. The highest BCUT2D eigenvalue weighted by atomic mass is 32.1. The van der Waals surface area contributed by atoms with Crippen LogP contribution in [0.25, 0.3) is 11.3 Å². The molecule has 0 atom stereocenters. The predicted molar refractivity (Wildman–Crippen MR) is 109 cm³/mol. The lowest BCUT2D eigenvalue weighted by molar-refractivity contribution is -0.118. The van der Waals surface area contributed by atoms with Crippen molar-refractivity contribution < 1.29 is 14.3 Å². The molecule has 0 spiro atoms. The van der Waals surface area contributed by atoms with Crippen LogP contribution in [-0.2, 0) is 4.79 Å². The monoisotopic (exact) mass is 394 g/mol. The molecule has 0 radical (unpaired) electrons. The van der Waals surface area contributed by atoms with Crippen LogP contribution in [0.4, 0.5) is 5.69 Å². The van der Waals surface area contributed by atoms with E-state index in [1.165, 1.54) is 11.3 Å². The topological polar surface area (TPSA) is 77.2 Å². The smallest absolute Gasteiger partial charge is 0.262 e. The first kappa shape index (κ1) is 18.0. The molecule has 0 saturated heterocycles. The Kier molecular flexibility index (Phi) is 4.94. The zero-order valence-corrected chi connectivity index (χ0v) is 16.2. The minimum atomic E-state index is -0.164. The summed E-state index contributed by atoms with van der Waals surface area (Å²) in [5, 5.41) is 9.44. The standard InChI is InChI=1S/C20H18N4O3S/c1-21-20-24(22-10-13-4-3-5-15(8-13)26-2)17(12-28-20)14-6-7-18-16(9-14)23-19(25)11-27-18/h3-10,12H,11H2,1-2H3,(H,23,25). The van der Waals surface area contributed by atoms with E-state index in [1.54, 1.807) is 25.0 Å². The van der Waals surface area contributed by atoms with Crippen LogP contribution in [-0.4, -0.2) is 37.6 Å². The number of aromatic nitrogens is 1. The van der Waals surface area contributed by atoms with Crippen molar-refractivity contribution in [1.29, 1.82) is 0 Å². The number of carbonyl (C=O) groups is 1. The fraction of sp³-hybridized carbons (Fsp3) is 0.150. The molecule has 8 heteroatoms. The number of thiazole rings is 1. The van der Waals surface area contributed by atoms with Gasteiger partial charge in [0, 0.05) is 18.0 Å². The number of amides is 1. The first-order chi connectivity index (χ1) is 13.7. The van der Waals surface area contributed by atoms with Crippen molar-refractivity contribution in [2.75, 3.05) is 26.1 Å². The van der Waals surface area contributed by atoms with E-state index in [1.807, 2.05) is 47.8 Å². The first-order valence-corrected chi connectivity index (χ1v) is 9.45. The van der Waals surface area contributed by atoms with E-state index < -0.39 is 0 Å². The fourth-order valence-corrected chi connectivity index (χ4v) is 3.65. The Morgan fingerprint density at radius 1 is 1.29 bits per heavy atom. The van der Waals surface area contributed by atoms with E-state index in [-0.39, 0.29) is 12.5 Å². The number of hydrogen-bond donors (Lipinski definition) is 1. The number of nitrogens with zero attached hydrogens (tertiary/aromatic N) is 3. The Morgan fingerprint density at radius 2 is 2.18 bits per heavy atom. The van der Waals surface area contributed by atoms with Gasteiger partial charge in [-0.3, -0.25) is 9.79 Å². The predicted octanol–water partition coefficient (Wildman–Crippen LogP) is 2.97. The highest BCUT2D eigenvalue weighted by molar-refractivity contribution is 7.07. The molecule has 1 amide bonds. The van der Waals surface area contributed by atoms with Crippen LogP contribution in [0.15, 0.2) is 57.9 Å². The van der Waals surface area contributed by atoms with Crippen LogP contribution < -0.4 is 19.6 Å². The van der Waals surface area contributed by atoms with Gasteiger partial charge in [0.15, 0.2) is 6.61 Å². The van der Waals surface area contributed by atoms with Crippen molar-refractivity contribution in [3.8, 4) is 22.8 Å². The normalized spacial score (nSPS) is 13.9. The Bertz CT molecular complexity index is 1130. The Balaban J connectivity index is 1.74. The SMILES string of the molecule is CN=c1scc(-c2ccc3c(c2)NC(=O)CO3)n1N=Cc1cccc(OC)c1. The van der Waals surface area contributed by atoms with E-state index in [0.717, 1.165) is 27.4 Å². The van der Waals surface area contributed by atoms with Crippen molar-refractivity contribution in [1.82, 2.24) is 4.68 Å². The summed E-state index contributed by atoms with van der Waals surface area (Å²) >= 11 is 1.49. The average Bonchev–Trinajstić information content (AvgIpc) is 3.14. The van der Waals surface area contributed by atoms with Gasteiger partial charge in [-0.1, -0.05) is 12.1 Å². The molecule has 0 unspecified atom stereocenters. The van der Waals surface area contributed by atoms with Crippen molar-refractivity contribution in [2.45, 2.75) is 0 Å². The van der Waals surface area contributed by atoms with Crippen LogP contribution in [0, 0.1) is 0 Å². The highest BCUT2D eigenvalue weighted by Crippen LogP contribution is 2.32. The zero-order chi connectivity index (χ0) is 19.5. The van der Waals surface area contributed by atoms with Crippen molar-refractivity contribution >= 4 is 29.1 Å². The number of ether oxygens (including phenoxy) is 2. The summed E-state index contributed by atoms with van der Waals surface area (Å²) in [6.07, 6.45) is 1.76. The summed E-state index contributed by atoms with van der Waals surface area (Å²) in [5.41, 5.74) is 3.33. The van der Waals surface area contributed by atoms with Gasteiger partial charge in [-0.15, -0.1) is 11.3 Å². The molecule has 1 aromatic heterocycles. The summed E-state index contributed by atoms with van der Waals surface area (Å²) in [7, 11) is 3.36. The van der Waals surface area contributed by atoms with Gasteiger partial charge in [-0.25, -0.2) is 4.68 Å². The number of rotatable bonds is 4. The van der Waals surface area contributed by atoms with Gasteiger partial charge >= 0.3 is 0 Å². The number of fused-ring (bicyclic) bond motifs is 1. The lowest BCUT2D eigenvalue weighted by Gasteiger charge is -2.18. The molecule has 0 aliphatic carbocycles. The second-order valence-corrected chi connectivity index (χ2v) is 6.84. The third-order valence-electron chi connectivity index (χ3n) is 4.20. The Morgan fingerprint density at radius 3 is 3.00 bits per heavy atom. The second-order valence-electron chi connectivity index (χ2n) is 6.01. The molecule has 0 saturated carbocycles.